The molecule has 1 saturated heterocycles. The molecular formula is C25H30BN5O6S. The Balaban J connectivity index is 1.37. The van der Waals surface area contributed by atoms with Crippen molar-refractivity contribution >= 4 is 28.9 Å². The third kappa shape index (κ3) is 5.69. The number of pyridine rings is 1. The maximum Gasteiger partial charge on any atom is 0.454 e. The number of carbonyl (C=O) groups is 1. The first-order chi connectivity index (χ1) is 18.2. The summed E-state index contributed by atoms with van der Waals surface area (Å²) in [4.78, 5) is 17.2. The highest BCUT2D eigenvalue weighted by atomic mass is 32.2. The van der Waals surface area contributed by atoms with Gasteiger partial charge in [0.25, 0.3) is 10.0 Å². The van der Waals surface area contributed by atoms with Crippen molar-refractivity contribution in [1.29, 1.82) is 0 Å². The Bertz CT molecular complexity index is 1440. The lowest BCUT2D eigenvalue weighted by Crippen LogP contribution is -2.35. The molecule has 0 radical (unpaired) electrons. The van der Waals surface area contributed by atoms with Crippen LogP contribution in [0.25, 0.3) is 11.1 Å². The van der Waals surface area contributed by atoms with Gasteiger partial charge in [0.1, 0.15) is 6.61 Å². The van der Waals surface area contributed by atoms with E-state index in [-0.39, 0.29) is 23.8 Å². The molecule has 1 atom stereocenters. The molecule has 5 rings (SSSR count). The molecule has 0 spiro atoms. The van der Waals surface area contributed by atoms with Gasteiger partial charge < -0.3 is 19.7 Å². The predicted octanol–water partition coefficient (Wildman–Crippen LogP) is 3.17. The number of nitrogens with zero attached hydrogens (tertiary/aromatic N) is 3. The molecule has 3 aromatic rings. The highest BCUT2D eigenvalue weighted by Gasteiger charge is 2.29. The molecule has 11 nitrogen and oxygen atoms in total. The highest BCUT2D eigenvalue weighted by Crippen LogP contribution is 2.38. The number of urea groups is 1. The van der Waals surface area contributed by atoms with Crippen LogP contribution < -0.4 is 14.8 Å². The number of hydrogen-bond donors (Lipinski definition) is 3. The Morgan fingerprint density at radius 1 is 1.29 bits per heavy atom. The summed E-state index contributed by atoms with van der Waals surface area (Å²) in [7, 11) is -4.92. The molecule has 0 saturated carbocycles. The van der Waals surface area contributed by atoms with Crippen molar-refractivity contribution < 1.29 is 27.6 Å². The van der Waals surface area contributed by atoms with E-state index < -0.39 is 23.2 Å². The van der Waals surface area contributed by atoms with Crippen LogP contribution in [0, 0.1) is 0 Å². The lowest BCUT2D eigenvalue weighted by Gasteiger charge is -2.17. The highest BCUT2D eigenvalue weighted by molar-refractivity contribution is 7.90. The van der Waals surface area contributed by atoms with Gasteiger partial charge in [-0.15, -0.1) is 0 Å². The molecule has 1 fully saturated rings. The van der Waals surface area contributed by atoms with Crippen molar-refractivity contribution in [2.45, 2.75) is 63.0 Å². The molecular weight excluding hydrogens is 509 g/mol. The number of nitrogens with one attached hydrogen (secondary N) is 2. The zero-order valence-corrected chi connectivity index (χ0v) is 22.1. The average molecular weight is 539 g/mol. The fourth-order valence-corrected chi connectivity index (χ4v) is 5.60. The molecule has 3 N–H and O–H groups in total. The lowest BCUT2D eigenvalue weighted by molar-refractivity contribution is 0.128. The van der Waals surface area contributed by atoms with E-state index in [1.165, 1.54) is 10.7 Å². The summed E-state index contributed by atoms with van der Waals surface area (Å²) in [5, 5.41) is 16.2. The summed E-state index contributed by atoms with van der Waals surface area (Å²) in [6.45, 7) is 4.02. The summed E-state index contributed by atoms with van der Waals surface area (Å²) in [6, 6.07) is 7.98. The van der Waals surface area contributed by atoms with Crippen LogP contribution in [0.15, 0.2) is 47.8 Å². The van der Waals surface area contributed by atoms with Crippen molar-refractivity contribution in [1.82, 2.24) is 19.5 Å². The third-order valence-electron chi connectivity index (χ3n) is 6.68. The molecule has 3 heterocycles. The Morgan fingerprint density at radius 2 is 2.13 bits per heavy atom. The smallest absolute Gasteiger partial charge is 0.454 e. The normalized spacial score (nSPS) is 17.1. The molecule has 13 heteroatoms. The quantitative estimate of drug-likeness (QED) is 0.370. The molecule has 2 aromatic heterocycles. The van der Waals surface area contributed by atoms with Crippen LogP contribution in [-0.4, -0.2) is 54.1 Å². The largest absolute Gasteiger partial charge is 0.475 e. The summed E-state index contributed by atoms with van der Waals surface area (Å²) >= 11 is 0. The molecule has 38 heavy (non-hydrogen) atoms. The number of aryl methyl sites for hydroxylation is 1. The van der Waals surface area contributed by atoms with Crippen molar-refractivity contribution in [2.75, 3.05) is 11.9 Å². The summed E-state index contributed by atoms with van der Waals surface area (Å²) < 4.78 is 40.4. The lowest BCUT2D eigenvalue weighted by atomic mass is 9.87. The van der Waals surface area contributed by atoms with Crippen molar-refractivity contribution in [2.24, 2.45) is 0 Å². The minimum absolute atomic E-state index is 0.0197. The van der Waals surface area contributed by atoms with Crippen molar-refractivity contribution in [3.8, 4) is 17.0 Å². The number of sulfonamides is 1. The first-order valence-corrected chi connectivity index (χ1v) is 14.1. The predicted molar refractivity (Wildman–Crippen MR) is 141 cm³/mol. The first kappa shape index (κ1) is 26.2. The van der Waals surface area contributed by atoms with E-state index in [0.717, 1.165) is 41.5 Å². The molecule has 1 aromatic carbocycles. The van der Waals surface area contributed by atoms with Gasteiger partial charge in [0.05, 0.1) is 11.8 Å². The Kier molecular flexibility index (Phi) is 7.42. The second-order valence-electron chi connectivity index (χ2n) is 9.75. The Morgan fingerprint density at radius 3 is 2.87 bits per heavy atom. The van der Waals surface area contributed by atoms with Crippen LogP contribution >= 0.6 is 0 Å². The zero-order chi connectivity index (χ0) is 26.9. The standard InChI is InChI=1S/C25H30BN5O6S/c1-16(2)31-13-10-23(29-31)38(34,35)30-25(32)28-24-20-5-3-4-17(20)6-7-21(24)18-9-12-27-22(14-18)36-15-19-8-11-26(33)37-19/h6-7,9-10,12-14,16,19,33H,3-5,8,11,15H2,1-2H3,(H2,28,30,32). The topological polar surface area (TPSA) is 145 Å². The van der Waals surface area contributed by atoms with Gasteiger partial charge in [0, 0.05) is 30.1 Å². The SMILES string of the molecule is CC(C)n1ccc(S(=O)(=O)NC(=O)Nc2c(-c3ccnc(OCC4CCB(O)O4)c3)ccc3c2CCC3)n1. The van der Waals surface area contributed by atoms with E-state index >= 15 is 0 Å². The average Bonchev–Trinajstić information content (AvgIpc) is 3.64. The van der Waals surface area contributed by atoms with E-state index in [1.807, 2.05) is 26.0 Å². The van der Waals surface area contributed by atoms with E-state index in [4.69, 9.17) is 9.39 Å². The van der Waals surface area contributed by atoms with Gasteiger partial charge in [-0.05, 0) is 74.7 Å². The molecule has 1 aliphatic carbocycles. The summed E-state index contributed by atoms with van der Waals surface area (Å²) in [6.07, 6.45) is 6.83. The van der Waals surface area contributed by atoms with E-state index in [0.29, 0.717) is 24.3 Å². The van der Waals surface area contributed by atoms with Crippen molar-refractivity contribution in [3.63, 3.8) is 0 Å². The summed E-state index contributed by atoms with van der Waals surface area (Å²) in [5.74, 6) is 0.381. The second-order valence-corrected chi connectivity index (χ2v) is 11.4. The number of anilines is 1. The number of benzene rings is 1. The van der Waals surface area contributed by atoms with Crippen LogP contribution in [0.1, 0.15) is 43.9 Å². The number of carbonyl (C=O) groups excluding carboxylic acids is 1. The molecule has 200 valence electrons. The van der Waals surface area contributed by atoms with E-state index in [9.17, 15) is 18.2 Å². The van der Waals surface area contributed by atoms with E-state index in [2.05, 4.69) is 20.1 Å². The van der Waals surface area contributed by atoms with Crippen LogP contribution in [0.5, 0.6) is 5.88 Å². The Labute approximate surface area is 221 Å². The first-order valence-electron chi connectivity index (χ1n) is 12.7. The van der Waals surface area contributed by atoms with Gasteiger partial charge in [0.2, 0.25) is 5.88 Å². The number of ether oxygens (including phenoxy) is 1. The maximum atomic E-state index is 13.0. The van der Waals surface area contributed by atoms with E-state index in [1.54, 1.807) is 24.5 Å². The second kappa shape index (κ2) is 10.8. The molecule has 1 unspecified atom stereocenters. The number of fused-ring (bicyclic) bond motifs is 1. The minimum Gasteiger partial charge on any atom is -0.475 e. The van der Waals surface area contributed by atoms with Gasteiger partial charge in [-0.3, -0.25) is 4.68 Å². The van der Waals surface area contributed by atoms with Crippen LogP contribution in [0.3, 0.4) is 0 Å². The van der Waals surface area contributed by atoms with Gasteiger partial charge in [0.15, 0.2) is 5.03 Å². The number of hydrogen-bond acceptors (Lipinski definition) is 8. The fraction of sp³-hybridized carbons (Fsp3) is 0.400. The van der Waals surface area contributed by atoms with Crippen LogP contribution in [0.2, 0.25) is 6.32 Å². The van der Waals surface area contributed by atoms with Crippen LogP contribution in [0.4, 0.5) is 10.5 Å². The van der Waals surface area contributed by atoms with Gasteiger partial charge >= 0.3 is 13.1 Å². The molecule has 2 aliphatic rings. The van der Waals surface area contributed by atoms with Crippen LogP contribution in [-0.2, 0) is 27.5 Å². The number of amides is 2. The van der Waals surface area contributed by atoms with Gasteiger partial charge in [-0.2, -0.15) is 13.5 Å². The van der Waals surface area contributed by atoms with Gasteiger partial charge in [-0.1, -0.05) is 12.1 Å². The third-order valence-corrected chi connectivity index (χ3v) is 7.91. The fourth-order valence-electron chi connectivity index (χ4n) is 4.76. The maximum absolute atomic E-state index is 13.0. The van der Waals surface area contributed by atoms with Gasteiger partial charge in [-0.25, -0.2) is 14.5 Å². The number of aromatic nitrogens is 3. The molecule has 0 bridgehead atoms. The molecule has 1 aliphatic heterocycles. The Hall–Kier alpha value is -3.42. The van der Waals surface area contributed by atoms with Crippen molar-refractivity contribution in [3.05, 3.63) is 53.9 Å². The molecule has 2 amide bonds. The number of rotatable bonds is 8. The monoisotopic (exact) mass is 539 g/mol. The zero-order valence-electron chi connectivity index (χ0n) is 21.3. The minimum atomic E-state index is -4.16. The summed E-state index contributed by atoms with van der Waals surface area (Å²) in [5.41, 5.74) is 4.13.